The molecule has 0 heterocycles. The highest BCUT2D eigenvalue weighted by Crippen LogP contribution is 2.22. The number of anilines is 1. The zero-order chi connectivity index (χ0) is 17.0. The van der Waals surface area contributed by atoms with Crippen molar-refractivity contribution in [2.75, 3.05) is 5.32 Å². The van der Waals surface area contributed by atoms with Gasteiger partial charge in [0.25, 0.3) is 5.91 Å². The van der Waals surface area contributed by atoms with Gasteiger partial charge in [-0.3, -0.25) is 4.79 Å². The molecule has 3 nitrogen and oxygen atoms in total. The van der Waals surface area contributed by atoms with Crippen molar-refractivity contribution in [2.24, 2.45) is 0 Å². The standard InChI is InChI=1S/C20H25NO2/c1-6-18(23-19-10-8-14(3)12-16(19)5)20(22)21-17-9-7-13(2)11-15(17)4/h7-12,18H,6H2,1-5H3,(H,21,22)/t18-/m0/s1. The molecule has 2 rings (SSSR count). The van der Waals surface area contributed by atoms with Gasteiger partial charge in [0.15, 0.2) is 6.10 Å². The average Bonchev–Trinajstić information content (AvgIpc) is 2.49. The van der Waals surface area contributed by atoms with E-state index < -0.39 is 6.10 Å². The second-order valence-corrected chi connectivity index (χ2v) is 6.09. The summed E-state index contributed by atoms with van der Waals surface area (Å²) >= 11 is 0. The second kappa shape index (κ2) is 7.32. The molecule has 1 N–H and O–H groups in total. The molecule has 0 saturated heterocycles. The lowest BCUT2D eigenvalue weighted by Gasteiger charge is -2.19. The molecule has 0 saturated carbocycles. The van der Waals surface area contributed by atoms with Crippen molar-refractivity contribution >= 4 is 11.6 Å². The van der Waals surface area contributed by atoms with E-state index in [9.17, 15) is 4.79 Å². The Labute approximate surface area is 138 Å². The molecule has 0 bridgehead atoms. The van der Waals surface area contributed by atoms with Gasteiger partial charge >= 0.3 is 0 Å². The molecule has 1 amide bonds. The minimum atomic E-state index is -0.503. The van der Waals surface area contributed by atoms with Crippen molar-refractivity contribution in [1.82, 2.24) is 0 Å². The first kappa shape index (κ1) is 17.1. The Hall–Kier alpha value is -2.29. The molecule has 2 aromatic rings. The Kier molecular flexibility index (Phi) is 5.43. The third kappa shape index (κ3) is 4.35. The van der Waals surface area contributed by atoms with Crippen molar-refractivity contribution in [3.63, 3.8) is 0 Å². The molecule has 0 radical (unpaired) electrons. The van der Waals surface area contributed by atoms with Gasteiger partial charge in [0.05, 0.1) is 0 Å². The molecule has 0 aliphatic rings. The Bertz CT molecular complexity index is 707. The molecule has 0 fully saturated rings. The number of carbonyl (C=O) groups excluding carboxylic acids is 1. The second-order valence-electron chi connectivity index (χ2n) is 6.09. The predicted octanol–water partition coefficient (Wildman–Crippen LogP) is 4.72. The van der Waals surface area contributed by atoms with E-state index in [1.54, 1.807) is 0 Å². The largest absolute Gasteiger partial charge is 0.480 e. The van der Waals surface area contributed by atoms with Crippen LogP contribution < -0.4 is 10.1 Å². The highest BCUT2D eigenvalue weighted by Gasteiger charge is 2.20. The molecule has 1 atom stereocenters. The number of aryl methyl sites for hydroxylation is 4. The third-order valence-electron chi connectivity index (χ3n) is 3.90. The Balaban J connectivity index is 2.12. The molecule has 0 aromatic heterocycles. The van der Waals surface area contributed by atoms with Crippen molar-refractivity contribution in [1.29, 1.82) is 0 Å². The van der Waals surface area contributed by atoms with E-state index in [0.717, 1.165) is 22.6 Å². The number of amides is 1. The summed E-state index contributed by atoms with van der Waals surface area (Å²) in [5.74, 6) is 0.651. The zero-order valence-electron chi connectivity index (χ0n) is 14.6. The van der Waals surface area contributed by atoms with Gasteiger partial charge in [-0.1, -0.05) is 42.3 Å². The van der Waals surface area contributed by atoms with Gasteiger partial charge in [0.1, 0.15) is 5.75 Å². The van der Waals surface area contributed by atoms with E-state index in [0.29, 0.717) is 6.42 Å². The van der Waals surface area contributed by atoms with Crippen LogP contribution in [0, 0.1) is 27.7 Å². The number of carbonyl (C=O) groups is 1. The highest BCUT2D eigenvalue weighted by molar-refractivity contribution is 5.95. The highest BCUT2D eigenvalue weighted by atomic mass is 16.5. The van der Waals surface area contributed by atoms with Crippen molar-refractivity contribution in [2.45, 2.75) is 47.1 Å². The van der Waals surface area contributed by atoms with E-state index in [4.69, 9.17) is 4.74 Å². The fraction of sp³-hybridized carbons (Fsp3) is 0.350. The van der Waals surface area contributed by atoms with Gasteiger partial charge < -0.3 is 10.1 Å². The fourth-order valence-corrected chi connectivity index (χ4v) is 2.57. The number of ether oxygens (including phenoxy) is 1. The normalized spacial score (nSPS) is 11.9. The van der Waals surface area contributed by atoms with Crippen LogP contribution >= 0.6 is 0 Å². The number of hydrogen-bond donors (Lipinski definition) is 1. The summed E-state index contributed by atoms with van der Waals surface area (Å²) in [6.07, 6.45) is 0.112. The van der Waals surface area contributed by atoms with Crippen LogP contribution in [-0.2, 0) is 4.79 Å². The molecule has 23 heavy (non-hydrogen) atoms. The molecular weight excluding hydrogens is 286 g/mol. The van der Waals surface area contributed by atoms with Gasteiger partial charge in [-0.05, 0) is 57.4 Å². The lowest BCUT2D eigenvalue weighted by Crippen LogP contribution is -2.32. The van der Waals surface area contributed by atoms with Gasteiger partial charge in [-0.2, -0.15) is 0 Å². The predicted molar refractivity (Wildman–Crippen MR) is 95.2 cm³/mol. The Morgan fingerprint density at radius 3 is 2.17 bits per heavy atom. The number of benzene rings is 2. The van der Waals surface area contributed by atoms with E-state index in [1.165, 1.54) is 11.1 Å². The van der Waals surface area contributed by atoms with Crippen LogP contribution in [0.5, 0.6) is 5.75 Å². The summed E-state index contributed by atoms with van der Waals surface area (Å²) in [5, 5.41) is 2.98. The maximum atomic E-state index is 12.5. The maximum Gasteiger partial charge on any atom is 0.265 e. The molecule has 0 unspecified atom stereocenters. The fourth-order valence-electron chi connectivity index (χ4n) is 2.57. The Morgan fingerprint density at radius 1 is 1.00 bits per heavy atom. The first-order valence-corrected chi connectivity index (χ1v) is 8.02. The summed E-state index contributed by atoms with van der Waals surface area (Å²) in [6.45, 7) is 10.0. The summed E-state index contributed by atoms with van der Waals surface area (Å²) in [5.41, 5.74) is 5.30. The van der Waals surface area contributed by atoms with Crippen LogP contribution in [0.15, 0.2) is 36.4 Å². The topological polar surface area (TPSA) is 38.3 Å². The van der Waals surface area contributed by atoms with E-state index in [2.05, 4.69) is 17.4 Å². The van der Waals surface area contributed by atoms with Crippen molar-refractivity contribution in [3.8, 4) is 5.75 Å². The van der Waals surface area contributed by atoms with Crippen LogP contribution in [-0.4, -0.2) is 12.0 Å². The zero-order valence-corrected chi connectivity index (χ0v) is 14.6. The lowest BCUT2D eigenvalue weighted by atomic mass is 10.1. The van der Waals surface area contributed by atoms with E-state index >= 15 is 0 Å². The minimum absolute atomic E-state index is 0.112. The molecule has 3 heteroatoms. The Morgan fingerprint density at radius 2 is 1.61 bits per heavy atom. The first-order valence-electron chi connectivity index (χ1n) is 8.02. The van der Waals surface area contributed by atoms with Crippen molar-refractivity contribution in [3.05, 3.63) is 58.7 Å². The molecule has 0 aliphatic carbocycles. The average molecular weight is 311 g/mol. The molecular formula is C20H25NO2. The number of hydrogen-bond acceptors (Lipinski definition) is 2. The van der Waals surface area contributed by atoms with E-state index in [1.807, 2.05) is 58.9 Å². The monoisotopic (exact) mass is 311 g/mol. The number of nitrogens with one attached hydrogen (secondary N) is 1. The van der Waals surface area contributed by atoms with Crippen LogP contribution in [0.2, 0.25) is 0 Å². The molecule has 0 aliphatic heterocycles. The molecule has 2 aromatic carbocycles. The summed E-state index contributed by atoms with van der Waals surface area (Å²) in [4.78, 5) is 12.5. The summed E-state index contributed by atoms with van der Waals surface area (Å²) in [7, 11) is 0. The van der Waals surface area contributed by atoms with Gasteiger partial charge in [-0.25, -0.2) is 0 Å². The third-order valence-corrected chi connectivity index (χ3v) is 3.90. The maximum absolute atomic E-state index is 12.5. The van der Waals surface area contributed by atoms with Crippen molar-refractivity contribution < 1.29 is 9.53 Å². The summed E-state index contributed by atoms with van der Waals surface area (Å²) < 4.78 is 5.93. The van der Waals surface area contributed by atoms with Gasteiger partial charge in [-0.15, -0.1) is 0 Å². The molecule has 122 valence electrons. The van der Waals surface area contributed by atoms with Gasteiger partial charge in [0.2, 0.25) is 0 Å². The smallest absolute Gasteiger partial charge is 0.265 e. The first-order chi connectivity index (χ1) is 10.9. The van der Waals surface area contributed by atoms with Crippen LogP contribution in [0.4, 0.5) is 5.69 Å². The van der Waals surface area contributed by atoms with Gasteiger partial charge in [0, 0.05) is 5.69 Å². The van der Waals surface area contributed by atoms with Crippen LogP contribution in [0.3, 0.4) is 0 Å². The minimum Gasteiger partial charge on any atom is -0.480 e. The quantitative estimate of drug-likeness (QED) is 0.868. The van der Waals surface area contributed by atoms with Crippen LogP contribution in [0.1, 0.15) is 35.6 Å². The summed E-state index contributed by atoms with van der Waals surface area (Å²) in [6, 6.07) is 12.0. The van der Waals surface area contributed by atoms with E-state index in [-0.39, 0.29) is 5.91 Å². The lowest BCUT2D eigenvalue weighted by molar-refractivity contribution is -0.122. The SMILES string of the molecule is CC[C@H](Oc1ccc(C)cc1C)C(=O)Nc1ccc(C)cc1C. The van der Waals surface area contributed by atoms with Crippen LogP contribution in [0.25, 0.3) is 0 Å². The number of rotatable bonds is 5. The molecule has 0 spiro atoms.